The van der Waals surface area contributed by atoms with E-state index in [4.69, 9.17) is 16.0 Å². The van der Waals surface area contributed by atoms with E-state index in [0.717, 1.165) is 49.2 Å². The lowest BCUT2D eigenvalue weighted by Gasteiger charge is -2.14. The van der Waals surface area contributed by atoms with Crippen molar-refractivity contribution in [3.8, 4) is 22.3 Å². The molecule has 0 N–H and O–H groups in total. The molecule has 6 rings (SSSR count). The zero-order valence-electron chi connectivity index (χ0n) is 16.1. The molecule has 5 aromatic carbocycles. The molecule has 0 aliphatic heterocycles. The van der Waals surface area contributed by atoms with Gasteiger partial charge in [-0.2, -0.15) is 0 Å². The van der Waals surface area contributed by atoms with Crippen LogP contribution < -0.4 is 0 Å². The maximum Gasteiger partial charge on any atom is 0.135 e. The standard InChI is InChI=1S/C28H17ClO/c29-25-13-6-11-21(28(25)23-12-5-8-18-7-1-2-9-20(18)23)19-15-16-27-24(17-19)22-10-3-4-14-26(22)30-27/h1-17H. The van der Waals surface area contributed by atoms with E-state index in [1.54, 1.807) is 0 Å². The van der Waals surface area contributed by atoms with E-state index < -0.39 is 0 Å². The lowest BCUT2D eigenvalue weighted by Crippen LogP contribution is -1.88. The summed E-state index contributed by atoms with van der Waals surface area (Å²) in [6.45, 7) is 0. The molecule has 30 heavy (non-hydrogen) atoms. The molecule has 0 saturated heterocycles. The summed E-state index contributed by atoms with van der Waals surface area (Å²) in [6, 6.07) is 35.5. The number of hydrogen-bond acceptors (Lipinski definition) is 1. The number of para-hydroxylation sites is 1. The Morgan fingerprint density at radius 2 is 1.23 bits per heavy atom. The fourth-order valence-electron chi connectivity index (χ4n) is 4.38. The summed E-state index contributed by atoms with van der Waals surface area (Å²) in [7, 11) is 0. The molecule has 1 heterocycles. The fourth-order valence-corrected chi connectivity index (χ4v) is 4.65. The zero-order valence-corrected chi connectivity index (χ0v) is 16.9. The largest absolute Gasteiger partial charge is 0.456 e. The first-order valence-electron chi connectivity index (χ1n) is 9.98. The lowest BCUT2D eigenvalue weighted by molar-refractivity contribution is 0.669. The third-order valence-corrected chi connectivity index (χ3v) is 6.08. The summed E-state index contributed by atoms with van der Waals surface area (Å²) < 4.78 is 6.01. The smallest absolute Gasteiger partial charge is 0.135 e. The average molecular weight is 405 g/mol. The van der Waals surface area contributed by atoms with Crippen LogP contribution in [-0.4, -0.2) is 0 Å². The average Bonchev–Trinajstić information content (AvgIpc) is 3.16. The highest BCUT2D eigenvalue weighted by Crippen LogP contribution is 2.42. The molecule has 1 aromatic heterocycles. The summed E-state index contributed by atoms with van der Waals surface area (Å²) in [6.07, 6.45) is 0. The van der Waals surface area contributed by atoms with Crippen molar-refractivity contribution >= 4 is 44.3 Å². The Labute approximate surface area is 179 Å². The minimum absolute atomic E-state index is 0.751. The van der Waals surface area contributed by atoms with E-state index >= 15 is 0 Å². The van der Waals surface area contributed by atoms with Gasteiger partial charge in [0, 0.05) is 21.4 Å². The van der Waals surface area contributed by atoms with Crippen LogP contribution in [0.25, 0.3) is 55.0 Å². The Bertz CT molecular complexity index is 1550. The Morgan fingerprint density at radius 1 is 0.533 bits per heavy atom. The van der Waals surface area contributed by atoms with E-state index in [0.29, 0.717) is 0 Å². The van der Waals surface area contributed by atoms with Crippen molar-refractivity contribution in [1.82, 2.24) is 0 Å². The van der Waals surface area contributed by atoms with E-state index in [2.05, 4.69) is 72.8 Å². The van der Waals surface area contributed by atoms with Gasteiger partial charge in [-0.1, -0.05) is 90.5 Å². The Morgan fingerprint density at radius 3 is 2.17 bits per heavy atom. The van der Waals surface area contributed by atoms with Gasteiger partial charge in [0.2, 0.25) is 0 Å². The van der Waals surface area contributed by atoms with Crippen molar-refractivity contribution < 1.29 is 4.42 Å². The number of furan rings is 1. The fraction of sp³-hybridized carbons (Fsp3) is 0. The van der Waals surface area contributed by atoms with Crippen molar-refractivity contribution in [2.75, 3.05) is 0 Å². The minimum Gasteiger partial charge on any atom is -0.456 e. The molecule has 2 heteroatoms. The molecule has 0 atom stereocenters. The van der Waals surface area contributed by atoms with Gasteiger partial charge in [-0.05, 0) is 51.7 Å². The van der Waals surface area contributed by atoms with Gasteiger partial charge in [0.05, 0.1) is 0 Å². The number of rotatable bonds is 2. The summed E-state index contributed by atoms with van der Waals surface area (Å²) >= 11 is 6.79. The molecule has 0 fully saturated rings. The van der Waals surface area contributed by atoms with Gasteiger partial charge < -0.3 is 4.42 Å². The summed E-state index contributed by atoms with van der Waals surface area (Å²) in [5.74, 6) is 0. The molecule has 0 spiro atoms. The maximum atomic E-state index is 6.79. The topological polar surface area (TPSA) is 13.1 Å². The zero-order chi connectivity index (χ0) is 20.1. The predicted octanol–water partition coefficient (Wildman–Crippen LogP) is 8.73. The van der Waals surface area contributed by atoms with Gasteiger partial charge in [-0.15, -0.1) is 0 Å². The van der Waals surface area contributed by atoms with E-state index in [9.17, 15) is 0 Å². The number of fused-ring (bicyclic) bond motifs is 4. The van der Waals surface area contributed by atoms with Gasteiger partial charge in [0.1, 0.15) is 11.2 Å². The number of hydrogen-bond donors (Lipinski definition) is 0. The lowest BCUT2D eigenvalue weighted by atomic mass is 9.91. The normalized spacial score (nSPS) is 11.5. The second-order valence-electron chi connectivity index (χ2n) is 7.50. The van der Waals surface area contributed by atoms with Crippen LogP contribution in [0, 0.1) is 0 Å². The van der Waals surface area contributed by atoms with E-state index in [-0.39, 0.29) is 0 Å². The first-order valence-corrected chi connectivity index (χ1v) is 10.4. The maximum absolute atomic E-state index is 6.79. The van der Waals surface area contributed by atoms with E-state index in [1.165, 1.54) is 10.8 Å². The molecular formula is C28H17ClO. The highest BCUT2D eigenvalue weighted by atomic mass is 35.5. The highest BCUT2D eigenvalue weighted by Gasteiger charge is 2.15. The van der Waals surface area contributed by atoms with Gasteiger partial charge in [0.25, 0.3) is 0 Å². The van der Waals surface area contributed by atoms with Crippen LogP contribution in [0.1, 0.15) is 0 Å². The first-order chi connectivity index (χ1) is 14.8. The van der Waals surface area contributed by atoms with Crippen molar-refractivity contribution in [3.63, 3.8) is 0 Å². The third kappa shape index (κ3) is 2.63. The second-order valence-corrected chi connectivity index (χ2v) is 7.91. The predicted molar refractivity (Wildman–Crippen MR) is 127 cm³/mol. The van der Waals surface area contributed by atoms with Crippen LogP contribution >= 0.6 is 11.6 Å². The van der Waals surface area contributed by atoms with Crippen molar-refractivity contribution in [2.45, 2.75) is 0 Å². The third-order valence-electron chi connectivity index (χ3n) is 5.76. The Hall–Kier alpha value is -3.55. The number of halogens is 1. The highest BCUT2D eigenvalue weighted by molar-refractivity contribution is 6.34. The van der Waals surface area contributed by atoms with E-state index in [1.807, 2.05) is 30.3 Å². The van der Waals surface area contributed by atoms with Crippen LogP contribution in [0.2, 0.25) is 5.02 Å². The monoisotopic (exact) mass is 404 g/mol. The minimum atomic E-state index is 0.751. The van der Waals surface area contributed by atoms with Gasteiger partial charge in [0.15, 0.2) is 0 Å². The molecule has 0 aliphatic rings. The van der Waals surface area contributed by atoms with Gasteiger partial charge in [-0.3, -0.25) is 0 Å². The van der Waals surface area contributed by atoms with Crippen molar-refractivity contribution in [3.05, 3.63) is 108 Å². The summed E-state index contributed by atoms with van der Waals surface area (Å²) in [5, 5.41) is 5.40. The second kappa shape index (κ2) is 6.76. The van der Waals surface area contributed by atoms with Crippen LogP contribution in [0.15, 0.2) is 108 Å². The van der Waals surface area contributed by atoms with Crippen molar-refractivity contribution in [1.29, 1.82) is 0 Å². The quantitative estimate of drug-likeness (QED) is 0.281. The summed E-state index contributed by atoms with van der Waals surface area (Å²) in [4.78, 5) is 0. The molecule has 0 aliphatic carbocycles. The SMILES string of the molecule is Clc1cccc(-c2ccc3oc4ccccc4c3c2)c1-c1cccc2ccccc12. The molecule has 0 unspecified atom stereocenters. The molecule has 142 valence electrons. The Balaban J connectivity index is 1.65. The van der Waals surface area contributed by atoms with Crippen LogP contribution in [0.5, 0.6) is 0 Å². The number of benzene rings is 5. The van der Waals surface area contributed by atoms with Gasteiger partial charge in [-0.25, -0.2) is 0 Å². The Kier molecular flexibility index (Phi) is 3.90. The molecule has 0 bridgehead atoms. The van der Waals surface area contributed by atoms with Gasteiger partial charge >= 0.3 is 0 Å². The van der Waals surface area contributed by atoms with Crippen LogP contribution in [0.4, 0.5) is 0 Å². The molecular weight excluding hydrogens is 388 g/mol. The molecule has 0 saturated carbocycles. The first kappa shape index (κ1) is 17.3. The van der Waals surface area contributed by atoms with Crippen LogP contribution in [0.3, 0.4) is 0 Å². The summed E-state index contributed by atoms with van der Waals surface area (Å²) in [5.41, 5.74) is 6.25. The molecule has 1 nitrogen and oxygen atoms in total. The molecule has 0 radical (unpaired) electrons. The molecule has 0 amide bonds. The van der Waals surface area contributed by atoms with Crippen LogP contribution in [-0.2, 0) is 0 Å². The molecule has 6 aromatic rings. The van der Waals surface area contributed by atoms with Crippen molar-refractivity contribution in [2.24, 2.45) is 0 Å².